The highest BCUT2D eigenvalue weighted by Crippen LogP contribution is 2.14. The molecule has 2 N–H and O–H groups in total. The van der Waals surface area contributed by atoms with Crippen LogP contribution in [0.4, 0.5) is 0 Å². The molecule has 0 heterocycles. The van der Waals surface area contributed by atoms with Gasteiger partial charge in [0, 0.05) is 18.1 Å². The maximum Gasteiger partial charge on any atom is 0.127 e. The van der Waals surface area contributed by atoms with Crippen LogP contribution in [0.3, 0.4) is 0 Å². The summed E-state index contributed by atoms with van der Waals surface area (Å²) in [6.45, 7) is 3.31. The lowest BCUT2D eigenvalue weighted by molar-refractivity contribution is 0.0338. The first-order valence-electron chi connectivity index (χ1n) is 4.97. The molecule has 0 aliphatic carbocycles. The topological polar surface area (TPSA) is 40.5 Å². The highest BCUT2D eigenvalue weighted by Gasteiger charge is 2.24. The van der Waals surface area contributed by atoms with E-state index in [1.54, 1.807) is 13.8 Å². The predicted molar refractivity (Wildman–Crippen MR) is 60.2 cm³/mol. The van der Waals surface area contributed by atoms with E-state index >= 15 is 0 Å². The van der Waals surface area contributed by atoms with Crippen LogP contribution in [0.1, 0.15) is 19.4 Å². The van der Waals surface area contributed by atoms with E-state index in [4.69, 9.17) is 5.11 Å². The molecule has 0 aromatic heterocycles. The summed E-state index contributed by atoms with van der Waals surface area (Å²) >= 11 is 0. The summed E-state index contributed by atoms with van der Waals surface area (Å²) in [6, 6.07) is 9.47. The van der Waals surface area contributed by atoms with Crippen molar-refractivity contribution < 1.29 is 10.2 Å². The van der Waals surface area contributed by atoms with Gasteiger partial charge in [-0.25, -0.2) is 0 Å². The number of hydrogen-bond acceptors (Lipinski definition) is 2. The summed E-state index contributed by atoms with van der Waals surface area (Å²) in [5.41, 5.74) is -0.284. The molecule has 2 heteroatoms. The predicted octanol–water partition coefficient (Wildman–Crippen LogP) is 1.42. The average molecular weight is 204 g/mol. The molecule has 0 fully saturated rings. The van der Waals surface area contributed by atoms with Crippen molar-refractivity contribution in [3.63, 3.8) is 0 Å². The smallest absolute Gasteiger partial charge is 0.127 e. The van der Waals surface area contributed by atoms with Crippen LogP contribution < -0.4 is 0 Å². The van der Waals surface area contributed by atoms with E-state index in [9.17, 15) is 5.11 Å². The summed E-state index contributed by atoms with van der Waals surface area (Å²) < 4.78 is 0. The fourth-order valence-electron chi connectivity index (χ4n) is 1.02. The molecule has 0 unspecified atom stereocenters. The highest BCUT2D eigenvalue weighted by molar-refractivity contribution is 5.35. The van der Waals surface area contributed by atoms with Crippen LogP contribution in [0.5, 0.6) is 0 Å². The fourth-order valence-corrected chi connectivity index (χ4v) is 1.02. The minimum atomic E-state index is -1.15. The first kappa shape index (κ1) is 11.8. The molecule has 80 valence electrons. The SMILES string of the molecule is C[C@@H](CO)[C@](C)(O)C#Cc1ccccc1. The Morgan fingerprint density at radius 3 is 2.47 bits per heavy atom. The Bertz CT molecular complexity index is 357. The van der Waals surface area contributed by atoms with Gasteiger partial charge >= 0.3 is 0 Å². The summed E-state index contributed by atoms with van der Waals surface area (Å²) in [7, 11) is 0. The lowest BCUT2D eigenvalue weighted by Gasteiger charge is -2.22. The van der Waals surface area contributed by atoms with Crippen molar-refractivity contribution in [3.8, 4) is 11.8 Å². The van der Waals surface area contributed by atoms with Crippen LogP contribution >= 0.6 is 0 Å². The van der Waals surface area contributed by atoms with Gasteiger partial charge in [0.05, 0.1) is 0 Å². The Kier molecular flexibility index (Phi) is 3.90. The van der Waals surface area contributed by atoms with Crippen LogP contribution in [0.25, 0.3) is 0 Å². The number of rotatable bonds is 2. The van der Waals surface area contributed by atoms with E-state index in [0.717, 1.165) is 5.56 Å². The van der Waals surface area contributed by atoms with Crippen LogP contribution in [0.2, 0.25) is 0 Å². The van der Waals surface area contributed by atoms with Gasteiger partial charge in [0.1, 0.15) is 5.60 Å². The maximum atomic E-state index is 9.91. The molecule has 1 rings (SSSR count). The number of aliphatic hydroxyl groups is 2. The molecule has 0 radical (unpaired) electrons. The molecule has 0 bridgehead atoms. The van der Waals surface area contributed by atoms with Gasteiger partial charge in [-0.1, -0.05) is 37.0 Å². The first-order valence-corrected chi connectivity index (χ1v) is 4.97. The molecule has 0 aliphatic rings. The quantitative estimate of drug-likeness (QED) is 0.715. The normalized spacial score (nSPS) is 16.0. The highest BCUT2D eigenvalue weighted by atomic mass is 16.3. The zero-order chi connectivity index (χ0) is 11.3. The van der Waals surface area contributed by atoms with E-state index in [0.29, 0.717) is 0 Å². The summed E-state index contributed by atoms with van der Waals surface area (Å²) in [5, 5.41) is 18.9. The lowest BCUT2D eigenvalue weighted by Crippen LogP contribution is -2.33. The second-order valence-corrected chi connectivity index (χ2v) is 3.85. The molecule has 1 aromatic rings. The summed E-state index contributed by atoms with van der Waals surface area (Å²) in [5.74, 6) is 5.40. The molecule has 0 saturated carbocycles. The first-order chi connectivity index (χ1) is 7.06. The Morgan fingerprint density at radius 1 is 1.33 bits per heavy atom. The molecule has 2 atom stereocenters. The molecular weight excluding hydrogens is 188 g/mol. The Hall–Kier alpha value is -1.30. The van der Waals surface area contributed by atoms with Gasteiger partial charge in [-0.15, -0.1) is 0 Å². The van der Waals surface area contributed by atoms with E-state index in [-0.39, 0.29) is 12.5 Å². The molecular formula is C13H16O2. The van der Waals surface area contributed by atoms with Gasteiger partial charge in [0.15, 0.2) is 0 Å². The van der Waals surface area contributed by atoms with Gasteiger partial charge in [-0.05, 0) is 19.1 Å². The maximum absolute atomic E-state index is 9.91. The van der Waals surface area contributed by atoms with Gasteiger partial charge in [-0.3, -0.25) is 0 Å². The Morgan fingerprint density at radius 2 is 1.93 bits per heavy atom. The zero-order valence-electron chi connectivity index (χ0n) is 9.07. The van der Waals surface area contributed by atoms with Crippen LogP contribution in [-0.4, -0.2) is 22.4 Å². The van der Waals surface area contributed by atoms with Crippen molar-refractivity contribution >= 4 is 0 Å². The van der Waals surface area contributed by atoms with Crippen molar-refractivity contribution in [2.75, 3.05) is 6.61 Å². The molecule has 15 heavy (non-hydrogen) atoms. The van der Waals surface area contributed by atoms with Crippen molar-refractivity contribution in [3.05, 3.63) is 35.9 Å². The van der Waals surface area contributed by atoms with Crippen molar-refractivity contribution in [1.82, 2.24) is 0 Å². The number of hydrogen-bond donors (Lipinski definition) is 2. The van der Waals surface area contributed by atoms with Gasteiger partial charge in [-0.2, -0.15) is 0 Å². The minimum Gasteiger partial charge on any atom is -0.396 e. The molecule has 0 aliphatic heterocycles. The third kappa shape index (κ3) is 3.39. The van der Waals surface area contributed by atoms with Gasteiger partial charge in [0.2, 0.25) is 0 Å². The van der Waals surface area contributed by atoms with Crippen LogP contribution in [0, 0.1) is 17.8 Å². The average Bonchev–Trinajstić information content (AvgIpc) is 2.27. The van der Waals surface area contributed by atoms with Crippen molar-refractivity contribution in [2.24, 2.45) is 5.92 Å². The van der Waals surface area contributed by atoms with E-state index in [1.165, 1.54) is 0 Å². The largest absolute Gasteiger partial charge is 0.396 e. The molecule has 1 aromatic carbocycles. The molecule has 0 saturated heterocycles. The Labute approximate surface area is 90.6 Å². The van der Waals surface area contributed by atoms with Crippen molar-refractivity contribution in [2.45, 2.75) is 19.4 Å². The van der Waals surface area contributed by atoms with Crippen LogP contribution in [0.15, 0.2) is 30.3 Å². The Balaban J connectivity index is 2.82. The zero-order valence-corrected chi connectivity index (χ0v) is 9.07. The summed E-state index contributed by atoms with van der Waals surface area (Å²) in [4.78, 5) is 0. The van der Waals surface area contributed by atoms with Gasteiger partial charge < -0.3 is 10.2 Å². The van der Waals surface area contributed by atoms with Crippen LogP contribution in [-0.2, 0) is 0 Å². The van der Waals surface area contributed by atoms with Crippen molar-refractivity contribution in [1.29, 1.82) is 0 Å². The fraction of sp³-hybridized carbons (Fsp3) is 0.385. The second kappa shape index (κ2) is 4.97. The number of benzene rings is 1. The molecule has 0 spiro atoms. The second-order valence-electron chi connectivity index (χ2n) is 3.85. The van der Waals surface area contributed by atoms with E-state index in [1.807, 2.05) is 30.3 Å². The van der Waals surface area contributed by atoms with E-state index < -0.39 is 5.60 Å². The van der Waals surface area contributed by atoms with Gasteiger partial charge in [0.25, 0.3) is 0 Å². The third-order valence-electron chi connectivity index (χ3n) is 2.47. The minimum absolute atomic E-state index is 0.0729. The van der Waals surface area contributed by atoms with E-state index in [2.05, 4.69) is 11.8 Å². The third-order valence-corrected chi connectivity index (χ3v) is 2.47. The standard InChI is InChI=1S/C13H16O2/c1-11(10-14)13(2,15)9-8-12-6-4-3-5-7-12/h3-7,11,14-15H,10H2,1-2H3/t11-,13+/m0/s1. The summed E-state index contributed by atoms with van der Waals surface area (Å²) in [6.07, 6.45) is 0. The molecule has 0 amide bonds. The monoisotopic (exact) mass is 204 g/mol. The molecule has 2 nitrogen and oxygen atoms in total. The lowest BCUT2D eigenvalue weighted by atomic mass is 9.92. The number of aliphatic hydroxyl groups excluding tert-OH is 1.